The second kappa shape index (κ2) is 9.76. The molecule has 0 aliphatic carbocycles. The molecule has 2 aliphatic heterocycles. The minimum absolute atomic E-state index is 0.0219. The monoisotopic (exact) mass is 483 g/mol. The molecule has 0 unspecified atom stereocenters. The van der Waals surface area contributed by atoms with Crippen LogP contribution >= 0.6 is 11.3 Å². The molecule has 178 valence electrons. The number of hydrogen-bond donors (Lipinski definition) is 0. The van der Waals surface area contributed by atoms with Crippen LogP contribution in [0.1, 0.15) is 45.5 Å². The van der Waals surface area contributed by atoms with Crippen LogP contribution in [-0.4, -0.2) is 65.8 Å². The quantitative estimate of drug-likeness (QED) is 0.278. The van der Waals surface area contributed by atoms with Gasteiger partial charge in [0.2, 0.25) is 5.91 Å². The number of thiophene rings is 1. The molecule has 2 aromatic rings. The van der Waals surface area contributed by atoms with E-state index in [2.05, 4.69) is 0 Å². The molecule has 1 aromatic heterocycles. The van der Waals surface area contributed by atoms with E-state index in [0.717, 1.165) is 31.9 Å². The first-order valence-electron chi connectivity index (χ1n) is 11.0. The van der Waals surface area contributed by atoms with Crippen molar-refractivity contribution in [1.29, 1.82) is 0 Å². The number of carbonyl (C=O) groups is 3. The largest absolute Gasteiger partial charge is 0.465 e. The first-order chi connectivity index (χ1) is 16.3. The summed E-state index contributed by atoms with van der Waals surface area (Å²) >= 11 is 1.58. The number of likely N-dealkylation sites (tertiary alicyclic amines) is 2. The highest BCUT2D eigenvalue weighted by atomic mass is 32.1. The minimum atomic E-state index is -0.910. The van der Waals surface area contributed by atoms with Crippen molar-refractivity contribution in [2.45, 2.75) is 19.3 Å². The molecule has 0 radical (unpaired) electrons. The molecule has 2 aliphatic rings. The summed E-state index contributed by atoms with van der Waals surface area (Å²) in [6.07, 6.45) is 5.74. The minimum Gasteiger partial charge on any atom is -0.465 e. The Kier molecular flexibility index (Phi) is 6.78. The zero-order chi connectivity index (χ0) is 24.3. The Bertz CT molecular complexity index is 1140. The molecule has 2 saturated heterocycles. The molecule has 2 fully saturated rings. The van der Waals surface area contributed by atoms with Crippen LogP contribution in [0.4, 0.5) is 5.69 Å². The lowest BCUT2D eigenvalue weighted by Crippen LogP contribution is -2.44. The van der Waals surface area contributed by atoms with Crippen molar-refractivity contribution in [1.82, 2.24) is 9.80 Å². The second-order valence-corrected chi connectivity index (χ2v) is 9.42. The van der Waals surface area contributed by atoms with Gasteiger partial charge in [0.25, 0.3) is 11.6 Å². The SMILES string of the molecule is COC(=O)c1c(C(=O)N2CCC3(CCN(C(=O)/C=C/c4ccsc4)CC3)C2)cccc1[N+](=O)[O-]. The standard InChI is InChI=1S/C24H25N3O6S/c1-33-23(30)21-18(3-2-4-19(21)27(31)32)22(29)26-13-10-24(16-26)8-11-25(12-9-24)20(28)6-5-17-7-14-34-15-17/h2-7,14-15H,8-13,16H2,1H3/b6-5+. The van der Waals surface area contributed by atoms with Gasteiger partial charge in [-0.25, -0.2) is 4.79 Å². The highest BCUT2D eigenvalue weighted by molar-refractivity contribution is 7.08. The van der Waals surface area contributed by atoms with Gasteiger partial charge in [0, 0.05) is 38.3 Å². The second-order valence-electron chi connectivity index (χ2n) is 8.64. The number of hydrogen-bond acceptors (Lipinski definition) is 7. The number of rotatable bonds is 5. The normalized spacial score (nSPS) is 17.3. The number of nitro benzene ring substituents is 1. The van der Waals surface area contributed by atoms with E-state index in [0.29, 0.717) is 26.2 Å². The van der Waals surface area contributed by atoms with E-state index in [-0.39, 0.29) is 22.4 Å². The van der Waals surface area contributed by atoms with Crippen molar-refractivity contribution in [2.75, 3.05) is 33.3 Å². The summed E-state index contributed by atoms with van der Waals surface area (Å²) in [5.74, 6) is -1.35. The summed E-state index contributed by atoms with van der Waals surface area (Å²) < 4.78 is 4.71. The van der Waals surface area contributed by atoms with Crippen molar-refractivity contribution in [3.63, 3.8) is 0 Å². The van der Waals surface area contributed by atoms with Crippen molar-refractivity contribution >= 4 is 40.9 Å². The zero-order valence-electron chi connectivity index (χ0n) is 18.8. The Morgan fingerprint density at radius 3 is 2.44 bits per heavy atom. The summed E-state index contributed by atoms with van der Waals surface area (Å²) in [6.45, 7) is 2.20. The summed E-state index contributed by atoms with van der Waals surface area (Å²) in [4.78, 5) is 52.3. The van der Waals surface area contributed by atoms with Crippen LogP contribution in [0.2, 0.25) is 0 Å². The van der Waals surface area contributed by atoms with Crippen molar-refractivity contribution in [3.8, 4) is 0 Å². The highest BCUT2D eigenvalue weighted by Crippen LogP contribution is 2.41. The number of esters is 1. The predicted molar refractivity (Wildman–Crippen MR) is 127 cm³/mol. The van der Waals surface area contributed by atoms with Crippen LogP contribution in [0, 0.1) is 15.5 Å². The fourth-order valence-electron chi connectivity index (χ4n) is 4.72. The number of piperidine rings is 1. The average molecular weight is 484 g/mol. The molecular weight excluding hydrogens is 458 g/mol. The third-order valence-corrected chi connectivity index (χ3v) is 7.38. The number of methoxy groups -OCH3 is 1. The number of nitro groups is 1. The van der Waals surface area contributed by atoms with Crippen molar-refractivity contribution in [2.24, 2.45) is 5.41 Å². The third-order valence-electron chi connectivity index (χ3n) is 6.68. The summed E-state index contributed by atoms with van der Waals surface area (Å²) in [7, 11) is 1.13. The van der Waals surface area contributed by atoms with Gasteiger partial charge in [0.1, 0.15) is 5.56 Å². The van der Waals surface area contributed by atoms with E-state index in [9.17, 15) is 24.5 Å². The molecule has 10 heteroatoms. The highest BCUT2D eigenvalue weighted by Gasteiger charge is 2.43. The Morgan fingerprint density at radius 1 is 1.12 bits per heavy atom. The Labute approximate surface area is 200 Å². The summed E-state index contributed by atoms with van der Waals surface area (Å²) in [6, 6.07) is 5.97. The zero-order valence-corrected chi connectivity index (χ0v) is 19.6. The maximum Gasteiger partial charge on any atom is 0.345 e. The molecule has 0 atom stereocenters. The number of nitrogens with zero attached hydrogens (tertiary/aromatic N) is 3. The van der Waals surface area contributed by atoms with Crippen molar-refractivity contribution < 1.29 is 24.0 Å². The lowest BCUT2D eigenvalue weighted by Gasteiger charge is -2.39. The van der Waals surface area contributed by atoms with Gasteiger partial charge in [-0.15, -0.1) is 0 Å². The number of ether oxygens (including phenoxy) is 1. The van der Waals surface area contributed by atoms with E-state index in [4.69, 9.17) is 4.74 Å². The Hall–Kier alpha value is -3.53. The molecule has 1 spiro atoms. The number of carbonyl (C=O) groups excluding carboxylic acids is 3. The molecule has 4 rings (SSSR count). The molecule has 0 N–H and O–H groups in total. The van der Waals surface area contributed by atoms with Crippen LogP contribution in [0.15, 0.2) is 41.1 Å². The lowest BCUT2D eigenvalue weighted by molar-refractivity contribution is -0.385. The van der Waals surface area contributed by atoms with Crippen LogP contribution in [0.3, 0.4) is 0 Å². The fraction of sp³-hybridized carbons (Fsp3) is 0.375. The van der Waals surface area contributed by atoms with Gasteiger partial charge in [0.05, 0.1) is 17.6 Å². The van der Waals surface area contributed by atoms with Gasteiger partial charge in [0.15, 0.2) is 0 Å². The maximum absolute atomic E-state index is 13.3. The average Bonchev–Trinajstić information content (AvgIpc) is 3.52. The molecule has 0 saturated carbocycles. The summed E-state index contributed by atoms with van der Waals surface area (Å²) in [5.41, 5.74) is 0.108. The van der Waals surface area contributed by atoms with Gasteiger partial charge < -0.3 is 14.5 Å². The molecule has 0 bridgehead atoms. The number of benzene rings is 1. The smallest absolute Gasteiger partial charge is 0.345 e. The van der Waals surface area contributed by atoms with E-state index in [1.807, 2.05) is 27.8 Å². The molecule has 2 amide bonds. The van der Waals surface area contributed by atoms with Gasteiger partial charge in [-0.3, -0.25) is 19.7 Å². The topological polar surface area (TPSA) is 110 Å². The Morgan fingerprint density at radius 2 is 1.82 bits per heavy atom. The molecule has 1 aromatic carbocycles. The van der Waals surface area contributed by atoms with E-state index in [1.165, 1.54) is 18.2 Å². The van der Waals surface area contributed by atoms with Gasteiger partial charge in [-0.05, 0) is 59.2 Å². The van der Waals surface area contributed by atoms with E-state index < -0.39 is 22.5 Å². The van der Waals surface area contributed by atoms with E-state index in [1.54, 1.807) is 22.3 Å². The molecule has 9 nitrogen and oxygen atoms in total. The summed E-state index contributed by atoms with van der Waals surface area (Å²) in [5, 5.41) is 15.4. The first kappa shape index (κ1) is 23.6. The lowest BCUT2D eigenvalue weighted by atomic mass is 9.77. The molecular formula is C24H25N3O6S. The molecule has 34 heavy (non-hydrogen) atoms. The first-order valence-corrected chi connectivity index (χ1v) is 11.9. The van der Waals surface area contributed by atoms with Gasteiger partial charge in [-0.1, -0.05) is 6.07 Å². The van der Waals surface area contributed by atoms with Crippen LogP contribution in [0.25, 0.3) is 6.08 Å². The fourth-order valence-corrected chi connectivity index (χ4v) is 5.35. The number of amides is 2. The predicted octanol–water partition coefficient (Wildman–Crippen LogP) is 3.61. The third kappa shape index (κ3) is 4.72. The van der Waals surface area contributed by atoms with E-state index >= 15 is 0 Å². The molecule has 3 heterocycles. The van der Waals surface area contributed by atoms with Crippen molar-refractivity contribution in [3.05, 3.63) is 67.9 Å². The van der Waals surface area contributed by atoms with Gasteiger partial charge in [-0.2, -0.15) is 11.3 Å². The van der Waals surface area contributed by atoms with Crippen LogP contribution < -0.4 is 0 Å². The maximum atomic E-state index is 13.3. The van der Waals surface area contributed by atoms with Crippen LogP contribution in [-0.2, 0) is 9.53 Å². The van der Waals surface area contributed by atoms with Crippen LogP contribution in [0.5, 0.6) is 0 Å². The van der Waals surface area contributed by atoms with Gasteiger partial charge >= 0.3 is 5.97 Å². The Balaban J connectivity index is 1.43.